The Morgan fingerprint density at radius 1 is 1.10 bits per heavy atom. The van der Waals surface area contributed by atoms with Crippen molar-refractivity contribution >= 4 is 17.6 Å². The number of anilines is 1. The molecule has 2 aliphatic rings. The number of benzene rings is 1. The molecule has 31 heavy (non-hydrogen) atoms. The van der Waals surface area contributed by atoms with Crippen molar-refractivity contribution in [2.24, 2.45) is 0 Å². The maximum absolute atomic E-state index is 13.5. The minimum Gasteiger partial charge on any atom is -0.351 e. The molecular weight excluding hydrogens is 402 g/mol. The Balaban J connectivity index is 1.62. The van der Waals surface area contributed by atoms with Crippen molar-refractivity contribution in [2.45, 2.75) is 44.8 Å². The van der Waals surface area contributed by atoms with E-state index in [9.17, 15) is 18.4 Å². The minimum absolute atomic E-state index is 0.0208. The van der Waals surface area contributed by atoms with Gasteiger partial charge in [0.25, 0.3) is 11.8 Å². The Morgan fingerprint density at radius 3 is 2.32 bits per heavy atom. The topological polar surface area (TPSA) is 56.8 Å². The minimum atomic E-state index is -2.93. The fourth-order valence-corrected chi connectivity index (χ4v) is 4.26. The third-order valence-corrected chi connectivity index (χ3v) is 6.09. The molecule has 2 fully saturated rings. The van der Waals surface area contributed by atoms with Gasteiger partial charge in [0.05, 0.1) is 13.1 Å². The van der Waals surface area contributed by atoms with Crippen LogP contribution < -0.4 is 4.90 Å². The smallest absolute Gasteiger partial charge is 0.270 e. The number of carbonyl (C=O) groups is 2. The molecule has 0 N–H and O–H groups in total. The quantitative estimate of drug-likeness (QED) is 0.735. The van der Waals surface area contributed by atoms with Gasteiger partial charge in [-0.05, 0) is 31.5 Å². The van der Waals surface area contributed by atoms with Crippen LogP contribution >= 0.6 is 0 Å². The first-order chi connectivity index (χ1) is 14.6. The van der Waals surface area contributed by atoms with Crippen molar-refractivity contribution in [3.05, 3.63) is 59.8 Å². The number of hydrogen-bond donors (Lipinski definition) is 0. The Bertz CT molecular complexity index is 967. The lowest BCUT2D eigenvalue weighted by atomic mass is 9.82. The summed E-state index contributed by atoms with van der Waals surface area (Å²) in [7, 11) is 0. The predicted octanol–water partition coefficient (Wildman–Crippen LogP) is 3.03. The van der Waals surface area contributed by atoms with Gasteiger partial charge in [0.1, 0.15) is 12.4 Å². The van der Waals surface area contributed by atoms with E-state index in [1.54, 1.807) is 28.1 Å². The molecule has 0 bridgehead atoms. The average Bonchev–Trinajstić information content (AvgIpc) is 2.69. The van der Waals surface area contributed by atoms with Gasteiger partial charge in [-0.2, -0.15) is 0 Å². The summed E-state index contributed by atoms with van der Waals surface area (Å²) in [6, 6.07) is 11.4. The number of amides is 2. The summed E-state index contributed by atoms with van der Waals surface area (Å²) in [5.74, 6) is -2.39. The highest BCUT2D eigenvalue weighted by Crippen LogP contribution is 2.37. The van der Waals surface area contributed by atoms with E-state index in [2.05, 4.69) is 4.98 Å². The van der Waals surface area contributed by atoms with Gasteiger partial charge in [0.2, 0.25) is 5.91 Å². The number of hydrogen-bond acceptors (Lipinski definition) is 4. The maximum Gasteiger partial charge on any atom is 0.270 e. The van der Waals surface area contributed by atoms with Crippen LogP contribution in [0.4, 0.5) is 14.6 Å². The number of piperazine rings is 1. The predicted molar refractivity (Wildman–Crippen MR) is 113 cm³/mol. The van der Waals surface area contributed by atoms with Crippen LogP contribution in [0.1, 0.15) is 31.9 Å². The summed E-state index contributed by atoms with van der Waals surface area (Å²) in [5.41, 5.74) is -0.351. The van der Waals surface area contributed by atoms with Gasteiger partial charge in [-0.1, -0.05) is 30.3 Å². The zero-order valence-electron chi connectivity index (χ0n) is 17.9. The van der Waals surface area contributed by atoms with Crippen LogP contribution in [0.25, 0.3) is 0 Å². The highest BCUT2D eigenvalue weighted by molar-refractivity contribution is 6.00. The number of halogens is 2. The number of pyridine rings is 1. The Morgan fingerprint density at radius 2 is 1.77 bits per heavy atom. The van der Waals surface area contributed by atoms with E-state index in [-0.39, 0.29) is 36.5 Å². The highest BCUT2D eigenvalue weighted by atomic mass is 19.3. The Hall–Kier alpha value is -3.03. The molecule has 2 aliphatic heterocycles. The Kier molecular flexibility index (Phi) is 5.19. The van der Waals surface area contributed by atoms with Crippen molar-refractivity contribution in [1.82, 2.24) is 14.8 Å². The van der Waals surface area contributed by atoms with Crippen LogP contribution in [0.3, 0.4) is 0 Å². The largest absolute Gasteiger partial charge is 0.351 e. The molecule has 1 aromatic carbocycles. The first-order valence-corrected chi connectivity index (χ1v) is 10.4. The number of carbonyl (C=O) groups excluding carboxylic acids is 2. The van der Waals surface area contributed by atoms with Gasteiger partial charge in [-0.15, -0.1) is 0 Å². The lowest BCUT2D eigenvalue weighted by molar-refractivity contribution is -0.170. The van der Waals surface area contributed by atoms with Crippen LogP contribution in [0.15, 0.2) is 48.7 Å². The lowest BCUT2D eigenvalue weighted by Gasteiger charge is -2.59. The van der Waals surface area contributed by atoms with Gasteiger partial charge in [0, 0.05) is 31.3 Å². The SMILES string of the molecule is CC(C)N1CC(=O)N(Cc2ccc(C(C)(F)F)cc2)C2(CN(c3ccccn3)C2)C1=O. The Labute approximate surface area is 180 Å². The molecule has 1 aromatic heterocycles. The summed E-state index contributed by atoms with van der Waals surface area (Å²) < 4.78 is 27.1. The van der Waals surface area contributed by atoms with Crippen LogP contribution in [-0.2, 0) is 22.1 Å². The fraction of sp³-hybridized carbons (Fsp3) is 0.435. The van der Waals surface area contributed by atoms with Crippen LogP contribution in [0.5, 0.6) is 0 Å². The summed E-state index contributed by atoms with van der Waals surface area (Å²) in [6.07, 6.45) is 1.69. The van der Waals surface area contributed by atoms with Gasteiger partial charge in [-0.25, -0.2) is 13.8 Å². The van der Waals surface area contributed by atoms with Crippen molar-refractivity contribution in [1.29, 1.82) is 0 Å². The average molecular weight is 428 g/mol. The first kappa shape index (κ1) is 21.2. The molecule has 2 aromatic rings. The molecular formula is C23H26F2N4O2. The number of nitrogens with zero attached hydrogens (tertiary/aromatic N) is 4. The van der Waals surface area contributed by atoms with E-state index >= 15 is 0 Å². The summed E-state index contributed by atoms with van der Waals surface area (Å²) in [4.78, 5) is 36.1. The molecule has 1 spiro atoms. The molecule has 3 heterocycles. The third-order valence-electron chi connectivity index (χ3n) is 6.09. The molecule has 2 amide bonds. The summed E-state index contributed by atoms with van der Waals surface area (Å²) in [6.45, 7) is 5.56. The monoisotopic (exact) mass is 428 g/mol. The number of aromatic nitrogens is 1. The van der Waals surface area contributed by atoms with Crippen molar-refractivity contribution in [3.8, 4) is 0 Å². The molecule has 0 saturated carbocycles. The second-order valence-corrected chi connectivity index (χ2v) is 8.67. The van der Waals surface area contributed by atoms with Gasteiger partial charge in [0.15, 0.2) is 5.54 Å². The van der Waals surface area contributed by atoms with Crippen molar-refractivity contribution in [2.75, 3.05) is 24.5 Å². The molecule has 0 aliphatic carbocycles. The van der Waals surface area contributed by atoms with Crippen LogP contribution in [0, 0.1) is 0 Å². The molecule has 4 rings (SSSR count). The normalized spacial score (nSPS) is 18.7. The van der Waals surface area contributed by atoms with E-state index in [0.29, 0.717) is 18.7 Å². The van der Waals surface area contributed by atoms with Gasteiger partial charge in [-0.3, -0.25) is 9.59 Å². The molecule has 164 valence electrons. The van der Waals surface area contributed by atoms with Gasteiger partial charge >= 0.3 is 0 Å². The second kappa shape index (κ2) is 7.59. The summed E-state index contributed by atoms with van der Waals surface area (Å²) >= 11 is 0. The maximum atomic E-state index is 13.5. The van der Waals surface area contributed by atoms with E-state index in [1.165, 1.54) is 12.1 Å². The van der Waals surface area contributed by atoms with E-state index in [4.69, 9.17) is 0 Å². The van der Waals surface area contributed by atoms with E-state index in [0.717, 1.165) is 12.7 Å². The zero-order valence-corrected chi connectivity index (χ0v) is 17.9. The molecule has 0 atom stereocenters. The van der Waals surface area contributed by atoms with Gasteiger partial charge < -0.3 is 14.7 Å². The number of rotatable bonds is 5. The summed E-state index contributed by atoms with van der Waals surface area (Å²) in [5, 5.41) is 0. The zero-order chi connectivity index (χ0) is 22.4. The van der Waals surface area contributed by atoms with Crippen LogP contribution in [-0.4, -0.2) is 57.8 Å². The lowest BCUT2D eigenvalue weighted by Crippen LogP contribution is -2.81. The molecule has 8 heteroatoms. The standard InChI is InChI=1S/C23H26F2N4O2/c1-16(2)28-13-20(30)29(12-17-7-9-18(10-8-17)22(3,24)25)23(21(28)31)14-27(15-23)19-6-4-5-11-26-19/h4-11,16H,12-15H2,1-3H3. The first-order valence-electron chi connectivity index (χ1n) is 10.4. The molecule has 0 unspecified atom stereocenters. The van der Waals surface area contributed by atoms with Crippen molar-refractivity contribution < 1.29 is 18.4 Å². The highest BCUT2D eigenvalue weighted by Gasteiger charge is 2.60. The second-order valence-electron chi connectivity index (χ2n) is 8.67. The van der Waals surface area contributed by atoms with Crippen LogP contribution in [0.2, 0.25) is 0 Å². The van der Waals surface area contributed by atoms with Crippen molar-refractivity contribution in [3.63, 3.8) is 0 Å². The number of alkyl halides is 2. The molecule has 2 saturated heterocycles. The fourth-order valence-electron chi connectivity index (χ4n) is 4.26. The van der Waals surface area contributed by atoms with E-state index < -0.39 is 11.5 Å². The third kappa shape index (κ3) is 3.75. The molecule has 0 radical (unpaired) electrons. The molecule has 6 nitrogen and oxygen atoms in total. The van der Waals surface area contributed by atoms with E-state index in [1.807, 2.05) is 36.9 Å².